The van der Waals surface area contributed by atoms with Gasteiger partial charge in [-0.05, 0) is 53.7 Å². The lowest BCUT2D eigenvalue weighted by atomic mass is 9.71. The number of H-pyrrole nitrogens is 1. The fourth-order valence-electron chi connectivity index (χ4n) is 2.32. The molecule has 106 valence electrons. The molecule has 2 rings (SSSR count). The minimum absolute atomic E-state index is 0.158. The van der Waals surface area contributed by atoms with Gasteiger partial charge in [0.1, 0.15) is 9.39 Å². The molecule has 1 fully saturated rings. The lowest BCUT2D eigenvalue weighted by Crippen LogP contribution is -2.42. The topological polar surface area (TPSA) is 78.0 Å². The molecule has 1 heterocycles. The summed E-state index contributed by atoms with van der Waals surface area (Å²) in [5, 5.41) is 13.6. The summed E-state index contributed by atoms with van der Waals surface area (Å²) >= 11 is 1.96. The van der Waals surface area contributed by atoms with Crippen molar-refractivity contribution >= 4 is 28.4 Å². The molecule has 1 aliphatic rings. The summed E-state index contributed by atoms with van der Waals surface area (Å²) in [4.78, 5) is 18.1. The van der Waals surface area contributed by atoms with Crippen LogP contribution in [0, 0.1) is 8.99 Å². The summed E-state index contributed by atoms with van der Waals surface area (Å²) in [5.74, 6) is 0.544. The van der Waals surface area contributed by atoms with Gasteiger partial charge in [0, 0.05) is 6.54 Å². The first kappa shape index (κ1) is 14.8. The molecule has 5 nitrogen and oxygen atoms in total. The number of anilines is 1. The third-order valence-corrected chi connectivity index (χ3v) is 4.92. The van der Waals surface area contributed by atoms with Crippen molar-refractivity contribution in [3.63, 3.8) is 0 Å². The first-order valence-electron chi connectivity index (χ1n) is 6.51. The van der Waals surface area contributed by atoms with Gasteiger partial charge < -0.3 is 15.4 Å². The molecule has 1 saturated carbocycles. The summed E-state index contributed by atoms with van der Waals surface area (Å²) in [7, 11) is 0. The molecule has 0 radical (unpaired) electrons. The highest BCUT2D eigenvalue weighted by Gasteiger charge is 2.36. The average molecular weight is 377 g/mol. The molecule has 0 bridgehead atoms. The predicted octanol–water partition coefficient (Wildman–Crippen LogP) is 2.12. The van der Waals surface area contributed by atoms with Gasteiger partial charge in [-0.1, -0.05) is 13.8 Å². The van der Waals surface area contributed by atoms with Crippen LogP contribution in [0.5, 0.6) is 0 Å². The Balaban J connectivity index is 1.99. The average Bonchev–Trinajstić information content (AvgIpc) is 2.36. The van der Waals surface area contributed by atoms with E-state index < -0.39 is 5.60 Å². The van der Waals surface area contributed by atoms with Crippen LogP contribution in [0.1, 0.15) is 39.5 Å². The molecule has 1 aromatic rings. The van der Waals surface area contributed by atoms with Crippen molar-refractivity contribution in [1.82, 2.24) is 9.97 Å². The maximum atomic E-state index is 11.5. The molecular formula is C13H20IN3O2. The molecule has 1 aromatic heterocycles. The van der Waals surface area contributed by atoms with Gasteiger partial charge in [0.05, 0.1) is 11.9 Å². The predicted molar refractivity (Wildman–Crippen MR) is 83.3 cm³/mol. The van der Waals surface area contributed by atoms with E-state index in [0.29, 0.717) is 21.3 Å². The first-order chi connectivity index (χ1) is 8.81. The third kappa shape index (κ3) is 3.68. The molecule has 0 aliphatic heterocycles. The van der Waals surface area contributed by atoms with E-state index in [4.69, 9.17) is 0 Å². The molecule has 6 heteroatoms. The Labute approximate surface area is 126 Å². The van der Waals surface area contributed by atoms with E-state index in [1.54, 1.807) is 0 Å². The van der Waals surface area contributed by atoms with Crippen LogP contribution in [0.3, 0.4) is 0 Å². The number of halogens is 1. The maximum Gasteiger partial charge on any atom is 0.266 e. The van der Waals surface area contributed by atoms with E-state index in [2.05, 4.69) is 29.1 Å². The maximum absolute atomic E-state index is 11.5. The number of hydrogen-bond donors (Lipinski definition) is 3. The molecule has 0 aromatic carbocycles. The highest BCUT2D eigenvalue weighted by Crippen LogP contribution is 2.40. The van der Waals surface area contributed by atoms with Crippen LogP contribution in [-0.2, 0) is 0 Å². The second-order valence-electron chi connectivity index (χ2n) is 6.14. The Kier molecular flexibility index (Phi) is 4.20. The number of hydrogen-bond acceptors (Lipinski definition) is 4. The monoisotopic (exact) mass is 377 g/mol. The van der Waals surface area contributed by atoms with Gasteiger partial charge in [-0.3, -0.25) is 4.79 Å². The molecular weight excluding hydrogens is 357 g/mol. The molecule has 0 amide bonds. The van der Waals surface area contributed by atoms with Crippen LogP contribution in [0.15, 0.2) is 11.1 Å². The van der Waals surface area contributed by atoms with E-state index in [1.807, 2.05) is 22.6 Å². The Morgan fingerprint density at radius 1 is 1.42 bits per heavy atom. The number of aromatic amines is 1. The van der Waals surface area contributed by atoms with Crippen LogP contribution >= 0.6 is 22.6 Å². The van der Waals surface area contributed by atoms with Crippen LogP contribution in [0.4, 0.5) is 5.82 Å². The zero-order valence-corrected chi connectivity index (χ0v) is 13.5. The van der Waals surface area contributed by atoms with Gasteiger partial charge in [-0.25, -0.2) is 4.98 Å². The normalized spacial score (nSPS) is 21.1. The smallest absolute Gasteiger partial charge is 0.266 e. The van der Waals surface area contributed by atoms with E-state index >= 15 is 0 Å². The standard InChI is InChI=1S/C13H20IN3O2/c1-12(2)3-5-13(19,6-4-12)7-15-10-9(14)11(18)17-8-16-10/h8,19H,3-7H2,1-2H3,(H2,15,16,17,18). The second-order valence-corrected chi connectivity index (χ2v) is 7.22. The Bertz CT molecular complexity index is 503. The van der Waals surface area contributed by atoms with Crippen molar-refractivity contribution in [2.24, 2.45) is 5.41 Å². The van der Waals surface area contributed by atoms with Crippen LogP contribution in [0.2, 0.25) is 0 Å². The number of aliphatic hydroxyl groups is 1. The fraction of sp³-hybridized carbons (Fsp3) is 0.692. The van der Waals surface area contributed by atoms with Gasteiger partial charge in [-0.2, -0.15) is 0 Å². The highest BCUT2D eigenvalue weighted by atomic mass is 127. The third-order valence-electron chi connectivity index (χ3n) is 3.92. The van der Waals surface area contributed by atoms with E-state index in [-0.39, 0.29) is 5.56 Å². The lowest BCUT2D eigenvalue weighted by Gasteiger charge is -2.40. The summed E-state index contributed by atoms with van der Waals surface area (Å²) < 4.78 is 0.528. The molecule has 0 saturated heterocycles. The summed E-state index contributed by atoms with van der Waals surface area (Å²) in [6.45, 7) is 4.91. The summed E-state index contributed by atoms with van der Waals surface area (Å²) in [5.41, 5.74) is -0.527. The van der Waals surface area contributed by atoms with Crippen LogP contribution < -0.4 is 10.9 Å². The van der Waals surface area contributed by atoms with Gasteiger partial charge in [-0.15, -0.1) is 0 Å². The number of aromatic nitrogens is 2. The molecule has 19 heavy (non-hydrogen) atoms. The van der Waals surface area contributed by atoms with Crippen molar-refractivity contribution in [3.05, 3.63) is 20.3 Å². The van der Waals surface area contributed by atoms with Crippen molar-refractivity contribution in [3.8, 4) is 0 Å². The van der Waals surface area contributed by atoms with Gasteiger partial charge in [0.25, 0.3) is 5.56 Å². The zero-order chi connectivity index (χ0) is 14.1. The van der Waals surface area contributed by atoms with E-state index in [1.165, 1.54) is 6.33 Å². The zero-order valence-electron chi connectivity index (χ0n) is 11.3. The summed E-state index contributed by atoms with van der Waals surface area (Å²) in [6.07, 6.45) is 4.98. The minimum Gasteiger partial charge on any atom is -0.388 e. The number of nitrogens with zero attached hydrogens (tertiary/aromatic N) is 1. The highest BCUT2D eigenvalue weighted by molar-refractivity contribution is 14.1. The molecule has 0 atom stereocenters. The SMILES string of the molecule is CC1(C)CCC(O)(CNc2nc[nH]c(=O)c2I)CC1. The molecule has 0 spiro atoms. The van der Waals surface area contributed by atoms with E-state index in [0.717, 1.165) is 25.7 Å². The Morgan fingerprint density at radius 2 is 2.05 bits per heavy atom. The summed E-state index contributed by atoms with van der Waals surface area (Å²) in [6, 6.07) is 0. The van der Waals surface area contributed by atoms with Crippen LogP contribution in [0.25, 0.3) is 0 Å². The molecule has 0 unspecified atom stereocenters. The Hall–Kier alpha value is -0.630. The van der Waals surface area contributed by atoms with Gasteiger partial charge in [0.2, 0.25) is 0 Å². The van der Waals surface area contributed by atoms with Gasteiger partial charge >= 0.3 is 0 Å². The minimum atomic E-state index is -0.692. The molecule has 3 N–H and O–H groups in total. The van der Waals surface area contributed by atoms with Crippen LogP contribution in [-0.4, -0.2) is 27.2 Å². The lowest BCUT2D eigenvalue weighted by molar-refractivity contribution is -0.0146. The van der Waals surface area contributed by atoms with Gasteiger partial charge in [0.15, 0.2) is 0 Å². The van der Waals surface area contributed by atoms with Crippen molar-refractivity contribution < 1.29 is 5.11 Å². The second kappa shape index (κ2) is 5.40. The van der Waals surface area contributed by atoms with Crippen molar-refractivity contribution in [2.45, 2.75) is 45.1 Å². The van der Waals surface area contributed by atoms with E-state index in [9.17, 15) is 9.90 Å². The number of nitrogens with one attached hydrogen (secondary N) is 2. The van der Waals surface area contributed by atoms with Crippen molar-refractivity contribution in [2.75, 3.05) is 11.9 Å². The first-order valence-corrected chi connectivity index (χ1v) is 7.59. The number of rotatable bonds is 3. The Morgan fingerprint density at radius 3 is 2.68 bits per heavy atom. The van der Waals surface area contributed by atoms with Crippen molar-refractivity contribution in [1.29, 1.82) is 0 Å². The quantitative estimate of drug-likeness (QED) is 0.706. The largest absolute Gasteiger partial charge is 0.388 e. The molecule has 1 aliphatic carbocycles. The fourth-order valence-corrected chi connectivity index (χ4v) is 2.81.